The fourth-order valence-electron chi connectivity index (χ4n) is 3.66. The molecule has 1 aliphatic rings. The maximum absolute atomic E-state index is 12.8. The summed E-state index contributed by atoms with van der Waals surface area (Å²) in [7, 11) is 0. The summed E-state index contributed by atoms with van der Waals surface area (Å²) in [6.45, 7) is 8.81. The summed E-state index contributed by atoms with van der Waals surface area (Å²) in [5.74, 6) is 0.777. The number of aromatic nitrogens is 2. The van der Waals surface area contributed by atoms with Crippen LogP contribution in [0.15, 0.2) is 4.79 Å². The number of piperidine rings is 1. The van der Waals surface area contributed by atoms with Gasteiger partial charge in [0.05, 0.1) is 5.39 Å². The highest BCUT2D eigenvalue weighted by Crippen LogP contribution is 2.25. The Hall–Kier alpha value is -1.73. The number of amides is 1. The molecular formula is C19H28N4O2S. The lowest BCUT2D eigenvalue weighted by molar-refractivity contribution is -0.134. The summed E-state index contributed by atoms with van der Waals surface area (Å²) < 4.78 is 0. The Labute approximate surface area is 158 Å². The molecule has 6 nitrogen and oxygen atoms in total. The number of nitrogens with one attached hydrogen (secondary N) is 2. The first-order valence-electron chi connectivity index (χ1n) is 9.50. The predicted molar refractivity (Wildman–Crippen MR) is 106 cm³/mol. The van der Waals surface area contributed by atoms with Gasteiger partial charge in [0.1, 0.15) is 10.7 Å². The molecule has 0 aliphatic carbocycles. The zero-order valence-electron chi connectivity index (χ0n) is 15.9. The van der Waals surface area contributed by atoms with E-state index in [1.54, 1.807) is 11.3 Å². The SMILES string of the molecule is CCCN(C(=O)CCc1nc2sc(C)c(C)c2c(=O)[nH]1)C1CCNCC1. The molecule has 0 atom stereocenters. The van der Waals surface area contributed by atoms with Gasteiger partial charge in [-0.15, -0.1) is 11.3 Å². The highest BCUT2D eigenvalue weighted by atomic mass is 32.1. The number of nitrogens with zero attached hydrogens (tertiary/aromatic N) is 2. The van der Waals surface area contributed by atoms with Crippen LogP contribution >= 0.6 is 11.3 Å². The van der Waals surface area contributed by atoms with Gasteiger partial charge in [0.15, 0.2) is 0 Å². The first kappa shape index (κ1) is 19.0. The van der Waals surface area contributed by atoms with Crippen molar-refractivity contribution in [2.75, 3.05) is 19.6 Å². The van der Waals surface area contributed by atoms with Gasteiger partial charge in [-0.05, 0) is 51.8 Å². The van der Waals surface area contributed by atoms with Gasteiger partial charge in [0, 0.05) is 30.3 Å². The smallest absolute Gasteiger partial charge is 0.259 e. The minimum atomic E-state index is -0.0944. The third kappa shape index (κ3) is 3.99. The van der Waals surface area contributed by atoms with E-state index in [2.05, 4.69) is 22.2 Å². The number of fused-ring (bicyclic) bond motifs is 1. The van der Waals surface area contributed by atoms with Gasteiger partial charge in [-0.3, -0.25) is 9.59 Å². The van der Waals surface area contributed by atoms with Crippen molar-refractivity contribution in [1.82, 2.24) is 20.2 Å². The van der Waals surface area contributed by atoms with E-state index in [-0.39, 0.29) is 11.5 Å². The second-order valence-electron chi connectivity index (χ2n) is 7.04. The summed E-state index contributed by atoms with van der Waals surface area (Å²) in [6.07, 6.45) is 3.86. The Kier molecular flexibility index (Phi) is 6.09. The van der Waals surface area contributed by atoms with Crippen molar-refractivity contribution in [3.05, 3.63) is 26.6 Å². The number of carbonyl (C=O) groups is 1. The van der Waals surface area contributed by atoms with E-state index in [4.69, 9.17) is 0 Å². The van der Waals surface area contributed by atoms with Crippen LogP contribution in [-0.2, 0) is 11.2 Å². The van der Waals surface area contributed by atoms with Gasteiger partial charge in [-0.25, -0.2) is 4.98 Å². The molecule has 0 saturated carbocycles. The fourth-order valence-corrected chi connectivity index (χ4v) is 4.71. The molecule has 2 N–H and O–H groups in total. The molecule has 0 radical (unpaired) electrons. The van der Waals surface area contributed by atoms with Crippen molar-refractivity contribution in [3.63, 3.8) is 0 Å². The van der Waals surface area contributed by atoms with Crippen LogP contribution in [0.3, 0.4) is 0 Å². The number of thiophene rings is 1. The zero-order valence-corrected chi connectivity index (χ0v) is 16.7. The molecule has 1 fully saturated rings. The van der Waals surface area contributed by atoms with Gasteiger partial charge in [0.25, 0.3) is 5.56 Å². The number of aromatic amines is 1. The molecule has 142 valence electrons. The Morgan fingerprint density at radius 2 is 2.04 bits per heavy atom. The number of hydrogen-bond donors (Lipinski definition) is 2. The normalized spacial score (nSPS) is 15.5. The van der Waals surface area contributed by atoms with Crippen LogP contribution in [0.5, 0.6) is 0 Å². The van der Waals surface area contributed by atoms with Crippen molar-refractivity contribution < 1.29 is 4.79 Å². The second kappa shape index (κ2) is 8.31. The monoisotopic (exact) mass is 376 g/mol. The van der Waals surface area contributed by atoms with Crippen LogP contribution in [0.2, 0.25) is 0 Å². The third-order valence-electron chi connectivity index (χ3n) is 5.20. The lowest BCUT2D eigenvalue weighted by Crippen LogP contribution is -2.46. The van der Waals surface area contributed by atoms with Gasteiger partial charge in [-0.1, -0.05) is 6.92 Å². The standard InChI is InChI=1S/C19H28N4O2S/c1-4-11-23(14-7-9-20-10-8-14)16(24)6-5-15-21-18(25)17-12(2)13(3)26-19(17)22-15/h14,20H,4-11H2,1-3H3,(H,21,22,25). The fraction of sp³-hybridized carbons (Fsp3) is 0.632. The van der Waals surface area contributed by atoms with E-state index < -0.39 is 0 Å². The van der Waals surface area contributed by atoms with Gasteiger partial charge in [-0.2, -0.15) is 0 Å². The molecule has 3 rings (SSSR count). The van der Waals surface area contributed by atoms with Crippen molar-refractivity contribution in [2.45, 2.75) is 58.9 Å². The van der Waals surface area contributed by atoms with Crippen LogP contribution in [-0.4, -0.2) is 46.5 Å². The minimum absolute atomic E-state index is 0.0944. The highest BCUT2D eigenvalue weighted by Gasteiger charge is 2.24. The molecule has 7 heteroatoms. The van der Waals surface area contributed by atoms with E-state index in [1.807, 2.05) is 18.7 Å². The highest BCUT2D eigenvalue weighted by molar-refractivity contribution is 7.18. The molecular weight excluding hydrogens is 348 g/mol. The minimum Gasteiger partial charge on any atom is -0.340 e. The molecule has 0 bridgehead atoms. The average Bonchev–Trinajstić information content (AvgIpc) is 2.92. The van der Waals surface area contributed by atoms with Crippen molar-refractivity contribution in [2.24, 2.45) is 0 Å². The molecule has 0 aromatic carbocycles. The quantitative estimate of drug-likeness (QED) is 0.812. The van der Waals surface area contributed by atoms with Crippen LogP contribution in [0.4, 0.5) is 0 Å². The number of H-pyrrole nitrogens is 1. The van der Waals surface area contributed by atoms with Gasteiger partial charge < -0.3 is 15.2 Å². The number of aryl methyl sites for hydroxylation is 3. The van der Waals surface area contributed by atoms with Crippen molar-refractivity contribution in [3.8, 4) is 0 Å². The maximum Gasteiger partial charge on any atom is 0.259 e. The van der Waals surface area contributed by atoms with E-state index in [9.17, 15) is 9.59 Å². The Balaban J connectivity index is 1.71. The van der Waals surface area contributed by atoms with Gasteiger partial charge in [0.2, 0.25) is 5.91 Å². The van der Waals surface area contributed by atoms with Gasteiger partial charge >= 0.3 is 0 Å². The van der Waals surface area contributed by atoms with Crippen molar-refractivity contribution >= 4 is 27.5 Å². The Morgan fingerprint density at radius 3 is 2.73 bits per heavy atom. The summed E-state index contributed by atoms with van der Waals surface area (Å²) in [4.78, 5) is 36.6. The summed E-state index contributed by atoms with van der Waals surface area (Å²) >= 11 is 1.55. The van der Waals surface area contributed by atoms with E-state index in [0.29, 0.717) is 30.1 Å². The molecule has 2 aromatic heterocycles. The van der Waals surface area contributed by atoms with E-state index in [1.165, 1.54) is 0 Å². The number of hydrogen-bond acceptors (Lipinski definition) is 5. The molecule has 26 heavy (non-hydrogen) atoms. The van der Waals surface area contributed by atoms with Crippen LogP contribution < -0.4 is 10.9 Å². The zero-order chi connectivity index (χ0) is 18.7. The largest absolute Gasteiger partial charge is 0.340 e. The first-order chi connectivity index (χ1) is 12.5. The Bertz CT molecular complexity index is 836. The maximum atomic E-state index is 12.8. The molecule has 0 unspecified atom stereocenters. The molecule has 0 spiro atoms. The first-order valence-corrected chi connectivity index (χ1v) is 10.3. The Morgan fingerprint density at radius 1 is 1.31 bits per heavy atom. The van der Waals surface area contributed by atoms with E-state index >= 15 is 0 Å². The second-order valence-corrected chi connectivity index (χ2v) is 8.25. The molecule has 1 aliphatic heterocycles. The van der Waals surface area contributed by atoms with Crippen LogP contribution in [0.1, 0.15) is 48.9 Å². The lowest BCUT2D eigenvalue weighted by atomic mass is 10.0. The summed E-state index contributed by atoms with van der Waals surface area (Å²) in [5.41, 5.74) is 0.907. The van der Waals surface area contributed by atoms with E-state index in [0.717, 1.165) is 54.2 Å². The average molecular weight is 377 g/mol. The topological polar surface area (TPSA) is 78.1 Å². The third-order valence-corrected chi connectivity index (χ3v) is 6.30. The summed E-state index contributed by atoms with van der Waals surface area (Å²) in [6, 6.07) is 0.334. The molecule has 1 amide bonds. The molecule has 2 aromatic rings. The molecule has 1 saturated heterocycles. The molecule has 3 heterocycles. The predicted octanol–water partition coefficient (Wildman–Crippen LogP) is 2.52. The summed E-state index contributed by atoms with van der Waals surface area (Å²) in [5, 5.41) is 4.04. The van der Waals surface area contributed by atoms with Crippen LogP contribution in [0.25, 0.3) is 10.2 Å². The number of carbonyl (C=O) groups excluding carboxylic acids is 1. The van der Waals surface area contributed by atoms with Crippen molar-refractivity contribution in [1.29, 1.82) is 0 Å². The lowest BCUT2D eigenvalue weighted by Gasteiger charge is -2.34. The number of rotatable bonds is 6. The van der Waals surface area contributed by atoms with Crippen LogP contribution in [0, 0.1) is 13.8 Å².